The molecule has 0 aliphatic rings. The van der Waals surface area contributed by atoms with Crippen LogP contribution in [0.15, 0.2) is 53.0 Å². The van der Waals surface area contributed by atoms with Crippen molar-refractivity contribution in [1.29, 1.82) is 0 Å². The summed E-state index contributed by atoms with van der Waals surface area (Å²) < 4.78 is 0.854. The minimum absolute atomic E-state index is 0.261. The van der Waals surface area contributed by atoms with Crippen LogP contribution in [0, 0.1) is 0 Å². The Kier molecular flexibility index (Phi) is 4.37. The number of nitrogens with one attached hydrogen (secondary N) is 2. The number of benzene rings is 2. The van der Waals surface area contributed by atoms with Crippen LogP contribution in [0.5, 0.6) is 0 Å². The van der Waals surface area contributed by atoms with Crippen LogP contribution < -0.4 is 16.4 Å². The predicted octanol–water partition coefficient (Wildman–Crippen LogP) is 3.19. The van der Waals surface area contributed by atoms with Gasteiger partial charge in [0.1, 0.15) is 0 Å². The maximum Gasteiger partial charge on any atom is 0.323 e. The zero-order valence-corrected chi connectivity index (χ0v) is 12.0. The Morgan fingerprint density at radius 1 is 1.00 bits per heavy atom. The van der Waals surface area contributed by atoms with Crippen LogP contribution in [-0.2, 0) is 0 Å². The molecular weight excluding hydrogens is 322 g/mol. The van der Waals surface area contributed by atoms with Crippen molar-refractivity contribution in [1.82, 2.24) is 0 Å². The molecule has 2 aromatic rings. The maximum absolute atomic E-state index is 11.9. The zero-order valence-electron chi connectivity index (χ0n) is 10.4. The molecule has 102 valence electrons. The monoisotopic (exact) mass is 333 g/mol. The molecule has 6 heteroatoms. The third-order valence-electron chi connectivity index (χ3n) is 2.52. The quantitative estimate of drug-likeness (QED) is 0.805. The predicted molar refractivity (Wildman–Crippen MR) is 81.7 cm³/mol. The summed E-state index contributed by atoms with van der Waals surface area (Å²) in [4.78, 5) is 23.1. The van der Waals surface area contributed by atoms with Crippen LogP contribution in [0.1, 0.15) is 10.4 Å². The van der Waals surface area contributed by atoms with Gasteiger partial charge in [-0.1, -0.05) is 34.1 Å². The van der Waals surface area contributed by atoms with E-state index in [9.17, 15) is 9.59 Å². The average Bonchev–Trinajstić information content (AvgIpc) is 2.38. The number of hydrogen-bond acceptors (Lipinski definition) is 2. The highest BCUT2D eigenvalue weighted by molar-refractivity contribution is 9.10. The van der Waals surface area contributed by atoms with E-state index in [1.165, 1.54) is 0 Å². The van der Waals surface area contributed by atoms with Crippen LogP contribution in [0.3, 0.4) is 0 Å². The standard InChI is InChI=1S/C14H12BrN3O2/c15-9-4-3-5-10(8-9)17-14(20)18-12-7-2-1-6-11(12)13(16)19/h1-8H,(H2,16,19)(H2,17,18,20). The molecular formula is C14H12BrN3O2. The van der Waals surface area contributed by atoms with Crippen molar-refractivity contribution >= 4 is 39.2 Å². The summed E-state index contributed by atoms with van der Waals surface area (Å²) in [6, 6.07) is 13.3. The summed E-state index contributed by atoms with van der Waals surface area (Å²) in [5.74, 6) is -0.594. The molecule has 20 heavy (non-hydrogen) atoms. The van der Waals surface area contributed by atoms with Gasteiger partial charge in [-0.2, -0.15) is 0 Å². The number of carbonyl (C=O) groups is 2. The second-order valence-electron chi connectivity index (χ2n) is 4.00. The molecule has 0 aromatic heterocycles. The van der Waals surface area contributed by atoms with Crippen molar-refractivity contribution in [2.45, 2.75) is 0 Å². The van der Waals surface area contributed by atoms with Crippen LogP contribution in [0.2, 0.25) is 0 Å². The Balaban J connectivity index is 2.11. The molecule has 0 aliphatic carbocycles. The molecule has 4 N–H and O–H groups in total. The van der Waals surface area contributed by atoms with Crippen molar-refractivity contribution in [2.24, 2.45) is 5.73 Å². The molecule has 0 radical (unpaired) electrons. The van der Waals surface area contributed by atoms with Crippen LogP contribution >= 0.6 is 15.9 Å². The van der Waals surface area contributed by atoms with E-state index in [-0.39, 0.29) is 5.56 Å². The van der Waals surface area contributed by atoms with E-state index >= 15 is 0 Å². The van der Waals surface area contributed by atoms with E-state index in [0.717, 1.165) is 4.47 Å². The lowest BCUT2D eigenvalue weighted by molar-refractivity contribution is 0.100. The number of para-hydroxylation sites is 1. The Labute approximate surface area is 124 Å². The van der Waals surface area contributed by atoms with E-state index in [2.05, 4.69) is 26.6 Å². The fourth-order valence-electron chi connectivity index (χ4n) is 1.66. The summed E-state index contributed by atoms with van der Waals surface area (Å²) in [6.07, 6.45) is 0. The molecule has 2 rings (SSSR count). The van der Waals surface area contributed by atoms with Gasteiger partial charge in [-0.15, -0.1) is 0 Å². The van der Waals surface area contributed by atoms with E-state index in [1.54, 1.807) is 42.5 Å². The number of amides is 3. The minimum Gasteiger partial charge on any atom is -0.366 e. The second kappa shape index (κ2) is 6.21. The van der Waals surface area contributed by atoms with Crippen molar-refractivity contribution in [2.75, 3.05) is 10.6 Å². The number of halogens is 1. The van der Waals surface area contributed by atoms with Gasteiger partial charge in [-0.05, 0) is 30.3 Å². The number of primary amides is 1. The van der Waals surface area contributed by atoms with Gasteiger partial charge in [0.2, 0.25) is 0 Å². The highest BCUT2D eigenvalue weighted by Gasteiger charge is 2.10. The summed E-state index contributed by atoms with van der Waals surface area (Å²) in [7, 11) is 0. The number of carbonyl (C=O) groups excluding carboxylic acids is 2. The fraction of sp³-hybridized carbons (Fsp3) is 0. The first kappa shape index (κ1) is 14.1. The molecule has 0 unspecified atom stereocenters. The minimum atomic E-state index is -0.594. The maximum atomic E-state index is 11.9. The molecule has 5 nitrogen and oxygen atoms in total. The molecule has 0 fully saturated rings. The fourth-order valence-corrected chi connectivity index (χ4v) is 2.06. The summed E-state index contributed by atoms with van der Waals surface area (Å²) in [5.41, 5.74) is 6.51. The van der Waals surface area contributed by atoms with E-state index in [1.807, 2.05) is 6.07 Å². The summed E-state index contributed by atoms with van der Waals surface area (Å²) in [6.45, 7) is 0. The van der Waals surface area contributed by atoms with Crippen molar-refractivity contribution in [3.05, 3.63) is 58.6 Å². The molecule has 0 bridgehead atoms. The SMILES string of the molecule is NC(=O)c1ccccc1NC(=O)Nc1cccc(Br)c1. The number of urea groups is 1. The lowest BCUT2D eigenvalue weighted by Gasteiger charge is -2.10. The van der Waals surface area contributed by atoms with Gasteiger partial charge < -0.3 is 16.4 Å². The first-order chi connectivity index (χ1) is 9.56. The summed E-state index contributed by atoms with van der Waals surface area (Å²) >= 11 is 3.32. The number of rotatable bonds is 3. The number of nitrogens with two attached hydrogens (primary N) is 1. The van der Waals surface area contributed by atoms with Gasteiger partial charge >= 0.3 is 6.03 Å². The average molecular weight is 334 g/mol. The third-order valence-corrected chi connectivity index (χ3v) is 3.02. The van der Waals surface area contributed by atoms with Crippen LogP contribution in [0.4, 0.5) is 16.2 Å². The number of hydrogen-bond donors (Lipinski definition) is 3. The smallest absolute Gasteiger partial charge is 0.323 e. The van der Waals surface area contributed by atoms with E-state index in [4.69, 9.17) is 5.73 Å². The zero-order chi connectivity index (χ0) is 14.5. The number of anilines is 2. The van der Waals surface area contributed by atoms with Gasteiger partial charge in [0, 0.05) is 10.2 Å². The molecule has 0 heterocycles. The van der Waals surface area contributed by atoms with Gasteiger partial charge in [-0.3, -0.25) is 4.79 Å². The first-order valence-corrected chi connectivity index (χ1v) is 6.58. The Morgan fingerprint density at radius 2 is 1.75 bits per heavy atom. The first-order valence-electron chi connectivity index (χ1n) is 5.78. The van der Waals surface area contributed by atoms with Crippen molar-refractivity contribution in [3.8, 4) is 0 Å². The molecule has 2 aromatic carbocycles. The third kappa shape index (κ3) is 3.58. The molecule has 0 saturated carbocycles. The van der Waals surface area contributed by atoms with Crippen LogP contribution in [0.25, 0.3) is 0 Å². The highest BCUT2D eigenvalue weighted by Crippen LogP contribution is 2.17. The molecule has 0 aliphatic heterocycles. The van der Waals surface area contributed by atoms with Gasteiger partial charge in [-0.25, -0.2) is 4.79 Å². The molecule has 0 spiro atoms. The topological polar surface area (TPSA) is 84.2 Å². The molecule has 0 atom stereocenters. The Hall–Kier alpha value is -2.34. The Bertz CT molecular complexity index is 658. The van der Waals surface area contributed by atoms with Gasteiger partial charge in [0.15, 0.2) is 0 Å². The summed E-state index contributed by atoms with van der Waals surface area (Å²) in [5, 5.41) is 5.26. The van der Waals surface area contributed by atoms with Gasteiger partial charge in [0.25, 0.3) is 5.91 Å². The molecule has 0 saturated heterocycles. The van der Waals surface area contributed by atoms with Crippen LogP contribution in [-0.4, -0.2) is 11.9 Å². The van der Waals surface area contributed by atoms with Crippen molar-refractivity contribution in [3.63, 3.8) is 0 Å². The van der Waals surface area contributed by atoms with E-state index < -0.39 is 11.9 Å². The van der Waals surface area contributed by atoms with Gasteiger partial charge in [0.05, 0.1) is 11.3 Å². The Morgan fingerprint density at radius 3 is 2.45 bits per heavy atom. The second-order valence-corrected chi connectivity index (χ2v) is 4.91. The lowest BCUT2D eigenvalue weighted by Crippen LogP contribution is -2.22. The normalized spacial score (nSPS) is 9.85. The molecule has 3 amide bonds. The van der Waals surface area contributed by atoms with Crippen molar-refractivity contribution < 1.29 is 9.59 Å². The largest absolute Gasteiger partial charge is 0.366 e. The highest BCUT2D eigenvalue weighted by atomic mass is 79.9. The lowest BCUT2D eigenvalue weighted by atomic mass is 10.1. The van der Waals surface area contributed by atoms with E-state index in [0.29, 0.717) is 11.4 Å².